The fraction of sp³-hybridized carbons (Fsp3) is 0.556. The average Bonchev–Trinajstić information content (AvgIpc) is 2.53. The van der Waals surface area contributed by atoms with Crippen LogP contribution in [0.5, 0.6) is 0 Å². The average molecular weight is 309 g/mol. The largest absolute Gasteiger partial charge is 0.331 e. The summed E-state index contributed by atoms with van der Waals surface area (Å²) < 4.78 is 6.63. The number of benzene rings is 1. The van der Waals surface area contributed by atoms with Crippen LogP contribution in [0.25, 0.3) is 0 Å². The summed E-state index contributed by atoms with van der Waals surface area (Å²) in [5.41, 5.74) is 4.14. The third-order valence-corrected chi connectivity index (χ3v) is 4.81. The minimum atomic E-state index is 0.652. The van der Waals surface area contributed by atoms with Crippen molar-refractivity contribution >= 4 is 17.3 Å². The van der Waals surface area contributed by atoms with Crippen molar-refractivity contribution in [2.24, 2.45) is 0 Å². The normalized spacial score (nSPS) is 21.0. The highest BCUT2D eigenvalue weighted by atomic mass is 35.5. The van der Waals surface area contributed by atoms with Gasteiger partial charge in [0.15, 0.2) is 6.73 Å². The fourth-order valence-corrected chi connectivity index (χ4v) is 3.26. The van der Waals surface area contributed by atoms with Gasteiger partial charge in [0.2, 0.25) is 5.16 Å². The van der Waals surface area contributed by atoms with Crippen LogP contribution in [-0.4, -0.2) is 19.9 Å². The Kier molecular flexibility index (Phi) is 5.86. The number of rotatable bonds is 8. The van der Waals surface area contributed by atoms with Crippen LogP contribution >= 0.6 is 11.6 Å². The lowest BCUT2D eigenvalue weighted by atomic mass is 9.99. The van der Waals surface area contributed by atoms with E-state index in [1.807, 2.05) is 0 Å². The standard InChI is InChI=1S/C18H27ClNO/c1-4-7-13-21-14-20(12-11-17(20)19)18-15(5-2)9-8-10-16(18)6-3/h8-11H,4-7,12-14H2,1-3H3/q+1. The van der Waals surface area contributed by atoms with E-state index >= 15 is 0 Å². The SMILES string of the molecule is CCCCOC[N+]1(c2c(CC)cccc2CC)CC=C1Cl. The zero-order valence-corrected chi connectivity index (χ0v) is 14.2. The first-order chi connectivity index (χ1) is 10.2. The molecule has 0 bridgehead atoms. The topological polar surface area (TPSA) is 9.23 Å². The van der Waals surface area contributed by atoms with E-state index in [1.165, 1.54) is 16.8 Å². The van der Waals surface area contributed by atoms with Crippen molar-refractivity contribution in [2.45, 2.75) is 46.5 Å². The van der Waals surface area contributed by atoms with E-state index in [0.29, 0.717) is 11.2 Å². The summed E-state index contributed by atoms with van der Waals surface area (Å²) in [7, 11) is 0. The zero-order valence-electron chi connectivity index (χ0n) is 13.5. The van der Waals surface area contributed by atoms with Crippen LogP contribution in [0.15, 0.2) is 29.4 Å². The molecular formula is C18H27ClNO+. The Balaban J connectivity index is 2.33. The number of hydrogen-bond acceptors (Lipinski definition) is 1. The van der Waals surface area contributed by atoms with E-state index in [9.17, 15) is 0 Å². The van der Waals surface area contributed by atoms with Crippen LogP contribution in [0.3, 0.4) is 0 Å². The summed E-state index contributed by atoms with van der Waals surface area (Å²) in [6.45, 7) is 9.02. The van der Waals surface area contributed by atoms with Gasteiger partial charge in [-0.15, -0.1) is 0 Å². The molecule has 0 N–H and O–H groups in total. The van der Waals surface area contributed by atoms with Gasteiger partial charge in [-0.25, -0.2) is 4.48 Å². The van der Waals surface area contributed by atoms with Gasteiger partial charge in [0.1, 0.15) is 12.2 Å². The molecule has 0 aromatic heterocycles. The van der Waals surface area contributed by atoms with Crippen molar-refractivity contribution in [3.63, 3.8) is 0 Å². The Morgan fingerprint density at radius 3 is 2.24 bits per heavy atom. The Morgan fingerprint density at radius 1 is 1.14 bits per heavy atom. The van der Waals surface area contributed by atoms with E-state index in [4.69, 9.17) is 16.3 Å². The lowest BCUT2D eigenvalue weighted by molar-refractivity contribution is 0.0488. The number of ether oxygens (including phenoxy) is 1. The van der Waals surface area contributed by atoms with E-state index in [0.717, 1.165) is 44.0 Å². The van der Waals surface area contributed by atoms with E-state index in [2.05, 4.69) is 45.0 Å². The third-order valence-electron chi connectivity index (χ3n) is 4.33. The molecule has 1 unspecified atom stereocenters. The van der Waals surface area contributed by atoms with Crippen LogP contribution in [0.4, 0.5) is 5.69 Å². The molecule has 0 saturated heterocycles. The summed E-state index contributed by atoms with van der Waals surface area (Å²) in [4.78, 5) is 0. The number of para-hydroxylation sites is 1. The molecule has 116 valence electrons. The van der Waals surface area contributed by atoms with Gasteiger partial charge in [0, 0.05) is 17.2 Å². The van der Waals surface area contributed by atoms with Crippen molar-refractivity contribution in [2.75, 3.05) is 19.9 Å². The van der Waals surface area contributed by atoms with E-state index in [-0.39, 0.29) is 0 Å². The van der Waals surface area contributed by atoms with Gasteiger partial charge in [0.25, 0.3) is 0 Å². The van der Waals surface area contributed by atoms with Crippen molar-refractivity contribution in [1.82, 2.24) is 4.48 Å². The number of quaternary nitrogens is 1. The summed E-state index contributed by atoms with van der Waals surface area (Å²) in [5, 5.41) is 0.905. The van der Waals surface area contributed by atoms with Crippen molar-refractivity contribution in [3.8, 4) is 0 Å². The van der Waals surface area contributed by atoms with Gasteiger partial charge < -0.3 is 4.74 Å². The molecular weight excluding hydrogens is 282 g/mol. The third kappa shape index (κ3) is 3.18. The molecule has 0 radical (unpaired) electrons. The number of unbranched alkanes of at least 4 members (excludes halogenated alkanes) is 1. The highest BCUT2D eigenvalue weighted by molar-refractivity contribution is 6.31. The molecule has 0 spiro atoms. The van der Waals surface area contributed by atoms with Crippen LogP contribution in [0, 0.1) is 0 Å². The highest BCUT2D eigenvalue weighted by Crippen LogP contribution is 2.42. The Bertz CT molecular complexity index is 490. The van der Waals surface area contributed by atoms with Gasteiger partial charge in [-0.2, -0.15) is 0 Å². The molecule has 3 heteroatoms. The maximum Gasteiger partial charge on any atom is 0.210 e. The predicted octanol–water partition coefficient (Wildman–Crippen LogP) is 4.99. The fourth-order valence-electron chi connectivity index (χ4n) is 2.99. The predicted molar refractivity (Wildman–Crippen MR) is 91.5 cm³/mol. The molecule has 1 aromatic carbocycles. The molecule has 1 aliphatic heterocycles. The lowest BCUT2D eigenvalue weighted by Gasteiger charge is -2.42. The molecule has 0 amide bonds. The Morgan fingerprint density at radius 2 is 1.81 bits per heavy atom. The summed E-state index contributed by atoms with van der Waals surface area (Å²) in [6, 6.07) is 6.61. The summed E-state index contributed by atoms with van der Waals surface area (Å²) >= 11 is 6.53. The first-order valence-corrected chi connectivity index (χ1v) is 8.49. The smallest absolute Gasteiger partial charge is 0.210 e. The molecule has 2 rings (SSSR count). The quantitative estimate of drug-likeness (QED) is 0.373. The number of halogens is 1. The molecule has 2 nitrogen and oxygen atoms in total. The van der Waals surface area contributed by atoms with Gasteiger partial charge in [-0.3, -0.25) is 0 Å². The van der Waals surface area contributed by atoms with Crippen LogP contribution < -0.4 is 4.48 Å². The Labute approximate surface area is 134 Å². The van der Waals surface area contributed by atoms with Crippen molar-refractivity contribution in [3.05, 3.63) is 40.6 Å². The molecule has 0 aliphatic carbocycles. The first-order valence-electron chi connectivity index (χ1n) is 8.12. The molecule has 21 heavy (non-hydrogen) atoms. The van der Waals surface area contributed by atoms with E-state index in [1.54, 1.807) is 0 Å². The van der Waals surface area contributed by atoms with Gasteiger partial charge in [-0.1, -0.05) is 45.4 Å². The molecule has 1 aromatic rings. The van der Waals surface area contributed by atoms with Crippen LogP contribution in [0.1, 0.15) is 44.7 Å². The second kappa shape index (κ2) is 7.44. The molecule has 0 fully saturated rings. The number of aryl methyl sites for hydroxylation is 2. The first kappa shape index (κ1) is 16.5. The van der Waals surface area contributed by atoms with Gasteiger partial charge in [0.05, 0.1) is 6.61 Å². The minimum Gasteiger partial charge on any atom is -0.331 e. The van der Waals surface area contributed by atoms with E-state index < -0.39 is 0 Å². The number of hydrogen-bond donors (Lipinski definition) is 0. The molecule has 1 aliphatic rings. The number of nitrogens with zero attached hydrogens (tertiary/aromatic N) is 1. The highest BCUT2D eigenvalue weighted by Gasteiger charge is 2.44. The minimum absolute atomic E-state index is 0.652. The molecule has 1 atom stereocenters. The van der Waals surface area contributed by atoms with Crippen molar-refractivity contribution < 1.29 is 4.74 Å². The lowest BCUT2D eigenvalue weighted by Crippen LogP contribution is -2.55. The summed E-state index contributed by atoms with van der Waals surface area (Å²) in [6.07, 6.45) is 6.44. The van der Waals surface area contributed by atoms with Gasteiger partial charge in [-0.05, 0) is 30.9 Å². The Hall–Kier alpha value is -0.830. The monoisotopic (exact) mass is 308 g/mol. The van der Waals surface area contributed by atoms with Gasteiger partial charge >= 0.3 is 0 Å². The van der Waals surface area contributed by atoms with Crippen LogP contribution in [-0.2, 0) is 17.6 Å². The molecule has 1 heterocycles. The summed E-state index contributed by atoms with van der Waals surface area (Å²) in [5.74, 6) is 0. The second-order valence-corrected chi connectivity index (χ2v) is 6.09. The zero-order chi connectivity index (χ0) is 15.3. The maximum absolute atomic E-state index is 6.53. The van der Waals surface area contributed by atoms with Crippen LogP contribution in [0.2, 0.25) is 0 Å². The maximum atomic E-state index is 6.53. The molecule has 0 saturated carbocycles. The second-order valence-electron chi connectivity index (χ2n) is 5.70. The van der Waals surface area contributed by atoms with Crippen molar-refractivity contribution in [1.29, 1.82) is 0 Å².